The normalized spacial score (nSPS) is 18.5. The Morgan fingerprint density at radius 3 is 2.52 bits per heavy atom. The number of rotatable bonds is 4. The molecule has 1 aliphatic heterocycles. The van der Waals surface area contributed by atoms with Crippen molar-refractivity contribution in [3.05, 3.63) is 22.5 Å². The summed E-state index contributed by atoms with van der Waals surface area (Å²) < 4.78 is 65.4. The van der Waals surface area contributed by atoms with Gasteiger partial charge in [-0.3, -0.25) is 10.3 Å². The van der Waals surface area contributed by atoms with Crippen LogP contribution in [0.4, 0.5) is 13.2 Å². The molecule has 118 valence electrons. The summed E-state index contributed by atoms with van der Waals surface area (Å²) in [6.45, 7) is 1.61. The summed E-state index contributed by atoms with van der Waals surface area (Å²) in [4.78, 5) is 5.55. The van der Waals surface area contributed by atoms with Gasteiger partial charge in [-0.05, 0) is 19.9 Å². The molecule has 11 heteroatoms. The number of hydrogen-bond donors (Lipinski definition) is 1. The van der Waals surface area contributed by atoms with Crippen molar-refractivity contribution in [2.24, 2.45) is 7.05 Å². The highest BCUT2D eigenvalue weighted by atomic mass is 32.2. The second-order valence-corrected chi connectivity index (χ2v) is 6.91. The highest BCUT2D eigenvalue weighted by Crippen LogP contribution is 2.40. The minimum Gasteiger partial charge on any atom is -0.265 e. The molecule has 21 heavy (non-hydrogen) atoms. The van der Waals surface area contributed by atoms with Crippen LogP contribution in [0.3, 0.4) is 0 Å². The predicted molar refractivity (Wildman–Crippen MR) is 65.0 cm³/mol. The third-order valence-corrected chi connectivity index (χ3v) is 4.35. The summed E-state index contributed by atoms with van der Waals surface area (Å²) in [5, 5.41) is 1.41. The van der Waals surface area contributed by atoms with E-state index >= 15 is 0 Å². The van der Waals surface area contributed by atoms with E-state index in [9.17, 15) is 21.6 Å². The minimum absolute atomic E-state index is 0.685. The van der Waals surface area contributed by atoms with Gasteiger partial charge in [-0.25, -0.2) is 12.8 Å². The fraction of sp³-hybridized carbons (Fsp3) is 0.600. The predicted octanol–water partition coefficient (Wildman–Crippen LogP) is 0.903. The summed E-state index contributed by atoms with van der Waals surface area (Å²) in [5.74, 6) is 0. The van der Waals surface area contributed by atoms with Crippen LogP contribution >= 0.6 is 0 Å². The highest BCUT2D eigenvalue weighted by molar-refractivity contribution is 7.95. The molecule has 2 rings (SSSR count). The van der Waals surface area contributed by atoms with Crippen LogP contribution in [0.15, 0.2) is 11.1 Å². The molecule has 0 spiro atoms. The van der Waals surface area contributed by atoms with Crippen molar-refractivity contribution in [1.82, 2.24) is 20.5 Å². The average molecular weight is 326 g/mol. The van der Waals surface area contributed by atoms with Crippen molar-refractivity contribution in [2.75, 3.05) is 0 Å². The van der Waals surface area contributed by atoms with E-state index < -0.39 is 43.8 Å². The monoisotopic (exact) mass is 326 g/mol. The van der Waals surface area contributed by atoms with Crippen molar-refractivity contribution in [3.8, 4) is 0 Å². The molecule has 0 bridgehead atoms. The summed E-state index contributed by atoms with van der Waals surface area (Å²) in [5.41, 5.74) is -1.08. The molecule has 0 radical (unpaired) electrons. The maximum atomic E-state index is 14.3. The number of hydroxylamine groups is 1. The Morgan fingerprint density at radius 2 is 2.05 bits per heavy atom. The Balaban J connectivity index is 2.52. The van der Waals surface area contributed by atoms with Gasteiger partial charge in [0.1, 0.15) is 18.0 Å². The third kappa shape index (κ3) is 2.50. The second kappa shape index (κ2) is 4.70. The molecule has 2 heterocycles. The van der Waals surface area contributed by atoms with Crippen molar-refractivity contribution in [3.63, 3.8) is 0 Å². The number of aromatic nitrogens is 3. The molecule has 0 fully saturated rings. The quantitative estimate of drug-likeness (QED) is 0.885. The molecule has 0 atom stereocenters. The van der Waals surface area contributed by atoms with Crippen LogP contribution in [0.25, 0.3) is 0 Å². The number of nitrogens with zero attached hydrogens (tertiary/aromatic N) is 3. The second-order valence-electron chi connectivity index (χ2n) is 4.95. The van der Waals surface area contributed by atoms with Gasteiger partial charge in [0.2, 0.25) is 0 Å². The van der Waals surface area contributed by atoms with E-state index in [0.717, 1.165) is 6.08 Å². The fourth-order valence-corrected chi connectivity index (χ4v) is 3.00. The molecule has 1 aromatic rings. The zero-order chi connectivity index (χ0) is 16.1. The van der Waals surface area contributed by atoms with E-state index in [2.05, 4.69) is 10.2 Å². The van der Waals surface area contributed by atoms with E-state index in [1.54, 1.807) is 0 Å². The first-order valence-corrected chi connectivity index (χ1v) is 7.25. The average Bonchev–Trinajstić information content (AvgIpc) is 2.92. The van der Waals surface area contributed by atoms with E-state index in [0.29, 0.717) is 4.80 Å². The topological polar surface area (TPSA) is 86.1 Å². The van der Waals surface area contributed by atoms with Gasteiger partial charge >= 0.3 is 5.25 Å². The van der Waals surface area contributed by atoms with Gasteiger partial charge < -0.3 is 0 Å². The molecule has 0 amide bonds. The number of aryl methyl sites for hydroxylation is 1. The number of sulfone groups is 1. The first kappa shape index (κ1) is 15.8. The molecule has 0 unspecified atom stereocenters. The summed E-state index contributed by atoms with van der Waals surface area (Å²) in [7, 11) is -3.99. The molecule has 0 aliphatic carbocycles. The molecule has 0 aromatic carbocycles. The van der Waals surface area contributed by atoms with Crippen LogP contribution in [0, 0.1) is 0 Å². The Kier molecular flexibility index (Phi) is 3.53. The van der Waals surface area contributed by atoms with Gasteiger partial charge in [-0.15, -0.1) is 0 Å². The Bertz CT molecular complexity index is 696. The van der Waals surface area contributed by atoms with Gasteiger partial charge in [-0.2, -0.15) is 23.8 Å². The molecule has 0 saturated carbocycles. The van der Waals surface area contributed by atoms with Crippen LogP contribution in [0.5, 0.6) is 0 Å². The van der Waals surface area contributed by atoms with Crippen LogP contribution in [0.1, 0.15) is 25.2 Å². The first-order valence-electron chi connectivity index (χ1n) is 5.77. The lowest BCUT2D eigenvalue weighted by atomic mass is 10.1. The number of halogens is 3. The minimum atomic E-state index is -5.17. The number of hydrogen-bond acceptors (Lipinski definition) is 6. The van der Waals surface area contributed by atoms with Gasteiger partial charge in [-0.1, -0.05) is 0 Å². The van der Waals surface area contributed by atoms with E-state index in [-0.39, 0.29) is 0 Å². The first-order chi connectivity index (χ1) is 9.51. The largest absolute Gasteiger partial charge is 0.396 e. The molecule has 7 nitrogen and oxygen atoms in total. The highest BCUT2D eigenvalue weighted by Gasteiger charge is 2.54. The van der Waals surface area contributed by atoms with E-state index in [4.69, 9.17) is 4.84 Å². The zero-order valence-electron chi connectivity index (χ0n) is 11.4. The fourth-order valence-electron chi connectivity index (χ4n) is 1.72. The lowest BCUT2D eigenvalue weighted by Gasteiger charge is -2.15. The molecular weight excluding hydrogens is 313 g/mol. The van der Waals surface area contributed by atoms with Crippen LogP contribution < -0.4 is 5.48 Å². The van der Waals surface area contributed by atoms with Crippen LogP contribution in [-0.4, -0.2) is 29.0 Å². The lowest BCUT2D eigenvalue weighted by molar-refractivity contribution is -0.0136. The Labute approximate surface area is 118 Å². The summed E-state index contributed by atoms with van der Waals surface area (Å²) in [6.07, 6.45) is 1.00. The Hall–Kier alpha value is -1.62. The lowest BCUT2D eigenvalue weighted by Crippen LogP contribution is -2.32. The third-order valence-electron chi connectivity index (χ3n) is 2.71. The van der Waals surface area contributed by atoms with Crippen molar-refractivity contribution >= 4 is 9.84 Å². The summed E-state index contributed by atoms with van der Waals surface area (Å²) in [6, 6.07) is 0. The van der Waals surface area contributed by atoms with Gasteiger partial charge in [0.05, 0.1) is 0 Å². The maximum absolute atomic E-state index is 14.3. The molecular formula is C10H13F3N4O3S. The SMILES string of the molecule is Cn1nc(CF)c(C(F)(F)S(=O)(=O)C2=CC(C)(C)ON2)n1. The Morgan fingerprint density at radius 1 is 1.43 bits per heavy atom. The van der Waals surface area contributed by atoms with Gasteiger partial charge in [0.25, 0.3) is 9.84 Å². The van der Waals surface area contributed by atoms with E-state index in [1.165, 1.54) is 20.9 Å². The molecule has 1 aromatic heterocycles. The molecule has 1 N–H and O–H groups in total. The van der Waals surface area contributed by atoms with Crippen LogP contribution in [-0.2, 0) is 33.7 Å². The van der Waals surface area contributed by atoms with E-state index in [1.807, 2.05) is 5.48 Å². The van der Waals surface area contributed by atoms with Crippen molar-refractivity contribution < 1.29 is 26.4 Å². The zero-order valence-corrected chi connectivity index (χ0v) is 12.2. The van der Waals surface area contributed by atoms with Crippen molar-refractivity contribution in [1.29, 1.82) is 0 Å². The number of nitrogens with one attached hydrogen (secondary N) is 1. The summed E-state index contributed by atoms with van der Waals surface area (Å²) >= 11 is 0. The van der Waals surface area contributed by atoms with Crippen LogP contribution in [0.2, 0.25) is 0 Å². The molecule has 0 saturated heterocycles. The van der Waals surface area contributed by atoms with Crippen molar-refractivity contribution in [2.45, 2.75) is 31.4 Å². The molecule has 1 aliphatic rings. The maximum Gasteiger partial charge on any atom is 0.396 e. The van der Waals surface area contributed by atoms with Gasteiger partial charge in [0, 0.05) is 7.05 Å². The standard InChI is InChI=1S/C10H13F3N4O3S/c1-9(2)4-7(16-20-9)21(18,19)10(12,13)8-6(5-11)14-17(3)15-8/h4,16H,5H2,1-3H3. The smallest absolute Gasteiger partial charge is 0.265 e. The number of alkyl halides is 3. The van der Waals surface area contributed by atoms with Gasteiger partial charge in [0.15, 0.2) is 10.7 Å².